The molecular weight excluding hydrogens is 519 g/mol. The fraction of sp³-hybridized carbons (Fsp3) is 0. The number of hydrogen-bond acceptors (Lipinski definition) is 4. The minimum absolute atomic E-state index is 0.159. The fourth-order valence-corrected chi connectivity index (χ4v) is 6.81. The van der Waals surface area contributed by atoms with Gasteiger partial charge in [-0.05, 0) is 0 Å². The van der Waals surface area contributed by atoms with E-state index in [9.17, 15) is 0 Å². The van der Waals surface area contributed by atoms with Crippen molar-refractivity contribution in [3.8, 4) is 44.3 Å². The SMILES string of the molecule is c1ccc(-c2nc(-c3ccccc3)nc(-c3ccc4c(ccc5nc(-c6ccccc6)[se]c54)c3)n2)cc1. The molecule has 0 spiro atoms. The Kier molecular flexibility index (Phi) is 5.43. The quantitative estimate of drug-likeness (QED) is 0.220. The van der Waals surface area contributed by atoms with E-state index in [0.29, 0.717) is 17.5 Å². The van der Waals surface area contributed by atoms with Crippen molar-refractivity contribution >= 4 is 35.1 Å². The molecule has 4 nitrogen and oxygen atoms in total. The molecule has 5 aromatic carbocycles. The molecule has 0 saturated heterocycles. The van der Waals surface area contributed by atoms with E-state index in [0.717, 1.165) is 22.2 Å². The van der Waals surface area contributed by atoms with Crippen molar-refractivity contribution in [2.75, 3.05) is 0 Å². The summed E-state index contributed by atoms with van der Waals surface area (Å²) in [4.78, 5) is 19.5. The summed E-state index contributed by atoms with van der Waals surface area (Å²) in [5, 5.41) is 2.42. The Balaban J connectivity index is 1.37. The van der Waals surface area contributed by atoms with E-state index in [1.54, 1.807) is 0 Å². The first-order valence-electron chi connectivity index (χ1n) is 12.1. The van der Waals surface area contributed by atoms with Crippen LogP contribution in [-0.2, 0) is 0 Å². The predicted molar refractivity (Wildman–Crippen MR) is 151 cm³/mol. The molecule has 174 valence electrons. The third-order valence-electron chi connectivity index (χ3n) is 6.35. The molecule has 0 saturated carbocycles. The first-order chi connectivity index (χ1) is 18.3. The van der Waals surface area contributed by atoms with Gasteiger partial charge in [0.15, 0.2) is 0 Å². The van der Waals surface area contributed by atoms with Gasteiger partial charge < -0.3 is 0 Å². The zero-order valence-corrected chi connectivity index (χ0v) is 21.5. The summed E-state index contributed by atoms with van der Waals surface area (Å²) in [6.07, 6.45) is 0. The average molecular weight is 540 g/mol. The summed E-state index contributed by atoms with van der Waals surface area (Å²) in [5.41, 5.74) is 5.19. The molecule has 0 unspecified atom stereocenters. The molecule has 7 aromatic rings. The molecule has 0 N–H and O–H groups in total. The number of fused-ring (bicyclic) bond motifs is 3. The summed E-state index contributed by atoms with van der Waals surface area (Å²) in [5.74, 6) is 2.01. The average Bonchev–Trinajstić information content (AvgIpc) is 3.43. The van der Waals surface area contributed by atoms with Crippen molar-refractivity contribution < 1.29 is 0 Å². The van der Waals surface area contributed by atoms with Gasteiger partial charge in [0.05, 0.1) is 0 Å². The molecule has 37 heavy (non-hydrogen) atoms. The molecule has 0 bridgehead atoms. The van der Waals surface area contributed by atoms with Crippen LogP contribution in [0.4, 0.5) is 0 Å². The summed E-state index contributed by atoms with van der Waals surface area (Å²) < 4.78 is 2.51. The molecule has 0 radical (unpaired) electrons. The second-order valence-corrected chi connectivity index (χ2v) is 10.9. The number of rotatable bonds is 4. The third kappa shape index (κ3) is 4.15. The maximum absolute atomic E-state index is 4.95. The molecule has 2 aromatic heterocycles. The van der Waals surface area contributed by atoms with Crippen LogP contribution in [-0.4, -0.2) is 34.4 Å². The van der Waals surface area contributed by atoms with Crippen molar-refractivity contribution in [3.63, 3.8) is 0 Å². The first kappa shape index (κ1) is 21.8. The fourth-order valence-electron chi connectivity index (χ4n) is 4.49. The van der Waals surface area contributed by atoms with Crippen LogP contribution in [0.5, 0.6) is 0 Å². The van der Waals surface area contributed by atoms with E-state index in [1.165, 1.54) is 25.2 Å². The molecule has 0 amide bonds. The molecule has 7 rings (SSSR count). The van der Waals surface area contributed by atoms with Gasteiger partial charge in [-0.1, -0.05) is 0 Å². The summed E-state index contributed by atoms with van der Waals surface area (Å²) >= 11 is 0.159. The van der Waals surface area contributed by atoms with E-state index >= 15 is 0 Å². The van der Waals surface area contributed by atoms with Gasteiger partial charge in [-0.25, -0.2) is 0 Å². The normalized spacial score (nSPS) is 11.2. The monoisotopic (exact) mass is 540 g/mol. The molecule has 0 aliphatic rings. The van der Waals surface area contributed by atoms with E-state index in [4.69, 9.17) is 19.9 Å². The Bertz CT molecular complexity index is 1810. The number of benzene rings is 5. The van der Waals surface area contributed by atoms with Crippen LogP contribution >= 0.6 is 0 Å². The molecule has 0 atom stereocenters. The second-order valence-electron chi connectivity index (χ2n) is 8.77. The van der Waals surface area contributed by atoms with Gasteiger partial charge in [-0.3, -0.25) is 0 Å². The second kappa shape index (κ2) is 9.21. The van der Waals surface area contributed by atoms with Crippen molar-refractivity contribution in [3.05, 3.63) is 121 Å². The van der Waals surface area contributed by atoms with Crippen molar-refractivity contribution in [2.45, 2.75) is 0 Å². The zero-order chi connectivity index (χ0) is 24.6. The van der Waals surface area contributed by atoms with Gasteiger partial charge in [0.2, 0.25) is 0 Å². The van der Waals surface area contributed by atoms with Crippen LogP contribution in [0, 0.1) is 0 Å². The van der Waals surface area contributed by atoms with E-state index in [2.05, 4.69) is 54.6 Å². The minimum atomic E-state index is 0.159. The summed E-state index contributed by atoms with van der Waals surface area (Å²) in [6.45, 7) is 0. The number of hydrogen-bond donors (Lipinski definition) is 0. The summed E-state index contributed by atoms with van der Waals surface area (Å²) in [6, 6.07) is 41.4. The Morgan fingerprint density at radius 2 is 0.973 bits per heavy atom. The van der Waals surface area contributed by atoms with Crippen molar-refractivity contribution in [1.29, 1.82) is 0 Å². The number of nitrogens with zero attached hydrogens (tertiary/aromatic N) is 4. The van der Waals surface area contributed by atoms with Crippen LogP contribution in [0.3, 0.4) is 0 Å². The Morgan fingerprint density at radius 3 is 1.57 bits per heavy atom. The van der Waals surface area contributed by atoms with Gasteiger partial charge in [0.1, 0.15) is 0 Å². The van der Waals surface area contributed by atoms with Crippen LogP contribution in [0.2, 0.25) is 0 Å². The van der Waals surface area contributed by atoms with E-state index < -0.39 is 0 Å². The van der Waals surface area contributed by atoms with Gasteiger partial charge >= 0.3 is 221 Å². The Hall–Kier alpha value is -4.44. The third-order valence-corrected chi connectivity index (χ3v) is 8.77. The molecule has 0 aliphatic carbocycles. The molecule has 5 heteroatoms. The zero-order valence-electron chi connectivity index (χ0n) is 19.7. The molecule has 0 fully saturated rings. The Morgan fingerprint density at radius 1 is 0.432 bits per heavy atom. The van der Waals surface area contributed by atoms with Crippen molar-refractivity contribution in [1.82, 2.24) is 19.9 Å². The molecular formula is C32H20N4Se. The summed E-state index contributed by atoms with van der Waals surface area (Å²) in [7, 11) is 0. The van der Waals surface area contributed by atoms with Crippen molar-refractivity contribution in [2.24, 2.45) is 0 Å². The molecule has 0 aliphatic heterocycles. The Labute approximate surface area is 220 Å². The molecule has 2 heterocycles. The maximum atomic E-state index is 4.95. The van der Waals surface area contributed by atoms with Gasteiger partial charge in [-0.2, -0.15) is 0 Å². The van der Waals surface area contributed by atoms with Crippen LogP contribution in [0.15, 0.2) is 121 Å². The van der Waals surface area contributed by atoms with Gasteiger partial charge in [0.25, 0.3) is 0 Å². The topological polar surface area (TPSA) is 51.6 Å². The van der Waals surface area contributed by atoms with E-state index in [-0.39, 0.29) is 14.5 Å². The van der Waals surface area contributed by atoms with Crippen LogP contribution in [0.1, 0.15) is 0 Å². The first-order valence-corrected chi connectivity index (χ1v) is 13.8. The standard InChI is InChI=1S/C32H20N4Se/c1-4-10-21(11-5-1)29-34-30(22-12-6-2-7-13-22)36-31(35-29)25-16-18-26-24(20-25)17-19-27-28(26)37-32(33-27)23-14-8-3-9-15-23/h1-20H. The predicted octanol–water partition coefficient (Wildman–Crippen LogP) is 7.30. The van der Waals surface area contributed by atoms with Gasteiger partial charge in [-0.15, -0.1) is 0 Å². The van der Waals surface area contributed by atoms with Crippen LogP contribution < -0.4 is 0 Å². The van der Waals surface area contributed by atoms with E-state index in [1.807, 2.05) is 66.7 Å². The van der Waals surface area contributed by atoms with Crippen LogP contribution in [0.25, 0.3) is 64.8 Å². The van der Waals surface area contributed by atoms with Gasteiger partial charge in [0, 0.05) is 0 Å². The number of aromatic nitrogens is 4.